The Bertz CT molecular complexity index is 415. The highest BCUT2D eigenvalue weighted by Crippen LogP contribution is 2.38. The van der Waals surface area contributed by atoms with Crippen molar-refractivity contribution >= 4 is 23.2 Å². The topological polar surface area (TPSA) is 24.1 Å². The molecule has 1 aliphatic heterocycles. The van der Waals surface area contributed by atoms with Crippen LogP contribution in [0.25, 0.3) is 0 Å². The first-order chi connectivity index (χ1) is 9.18. The van der Waals surface area contributed by atoms with E-state index in [0.717, 1.165) is 19.6 Å². The predicted molar refractivity (Wildman–Crippen MR) is 83.4 cm³/mol. The van der Waals surface area contributed by atoms with Gasteiger partial charge >= 0.3 is 0 Å². The molecular weight excluding hydrogens is 279 g/mol. The van der Waals surface area contributed by atoms with Gasteiger partial charge in [0.1, 0.15) is 0 Å². The SMILES string of the molecule is CNCCC[C@]1(c2ccc(Cl)c(Cl)c2)CCCNC1. The zero-order valence-corrected chi connectivity index (χ0v) is 12.9. The first-order valence-corrected chi connectivity index (χ1v) is 7.74. The van der Waals surface area contributed by atoms with Crippen molar-refractivity contribution in [2.75, 3.05) is 26.7 Å². The lowest BCUT2D eigenvalue weighted by Gasteiger charge is -2.38. The number of nitrogens with one attached hydrogen (secondary N) is 2. The lowest BCUT2D eigenvalue weighted by molar-refractivity contribution is 0.286. The molecule has 1 fully saturated rings. The molecule has 1 saturated heterocycles. The lowest BCUT2D eigenvalue weighted by Crippen LogP contribution is -2.43. The van der Waals surface area contributed by atoms with Crippen LogP contribution in [-0.4, -0.2) is 26.7 Å². The summed E-state index contributed by atoms with van der Waals surface area (Å²) in [4.78, 5) is 0. The molecule has 1 aromatic rings. The Morgan fingerprint density at radius 3 is 2.79 bits per heavy atom. The molecule has 0 aliphatic carbocycles. The maximum absolute atomic E-state index is 6.19. The Morgan fingerprint density at radius 1 is 1.32 bits per heavy atom. The molecule has 0 unspecified atom stereocenters. The molecule has 2 nitrogen and oxygen atoms in total. The van der Waals surface area contributed by atoms with Crippen molar-refractivity contribution in [1.82, 2.24) is 10.6 Å². The maximum Gasteiger partial charge on any atom is 0.0595 e. The molecule has 1 aromatic carbocycles. The molecule has 0 saturated carbocycles. The molecule has 0 spiro atoms. The molecule has 1 atom stereocenters. The van der Waals surface area contributed by atoms with Crippen LogP contribution in [0.4, 0.5) is 0 Å². The molecule has 2 rings (SSSR count). The molecule has 2 N–H and O–H groups in total. The summed E-state index contributed by atoms with van der Waals surface area (Å²) in [6.07, 6.45) is 4.80. The highest BCUT2D eigenvalue weighted by Gasteiger charge is 2.33. The molecule has 0 amide bonds. The van der Waals surface area contributed by atoms with E-state index in [9.17, 15) is 0 Å². The quantitative estimate of drug-likeness (QED) is 0.812. The van der Waals surface area contributed by atoms with Gasteiger partial charge in [0, 0.05) is 12.0 Å². The van der Waals surface area contributed by atoms with Crippen molar-refractivity contribution in [3.8, 4) is 0 Å². The lowest BCUT2D eigenvalue weighted by atomic mass is 9.71. The summed E-state index contributed by atoms with van der Waals surface area (Å²) >= 11 is 12.2. The Labute approximate surface area is 125 Å². The van der Waals surface area contributed by atoms with Gasteiger partial charge in [0.25, 0.3) is 0 Å². The molecule has 1 aliphatic rings. The normalized spacial score (nSPS) is 23.5. The highest BCUT2D eigenvalue weighted by atomic mass is 35.5. The van der Waals surface area contributed by atoms with Crippen molar-refractivity contribution in [2.45, 2.75) is 31.1 Å². The van der Waals surface area contributed by atoms with Gasteiger partial charge in [-0.05, 0) is 63.5 Å². The first kappa shape index (κ1) is 15.1. The van der Waals surface area contributed by atoms with E-state index in [1.54, 1.807) is 0 Å². The van der Waals surface area contributed by atoms with Crippen molar-refractivity contribution in [3.05, 3.63) is 33.8 Å². The summed E-state index contributed by atoms with van der Waals surface area (Å²) in [7, 11) is 2.00. The summed E-state index contributed by atoms with van der Waals surface area (Å²) in [6.45, 7) is 3.22. The third-order valence-corrected chi connectivity index (χ3v) is 4.83. The average Bonchev–Trinajstić information content (AvgIpc) is 2.43. The van der Waals surface area contributed by atoms with Gasteiger partial charge in [0.15, 0.2) is 0 Å². The smallest absolute Gasteiger partial charge is 0.0595 e. The fraction of sp³-hybridized carbons (Fsp3) is 0.600. The fourth-order valence-corrected chi connectivity index (χ4v) is 3.30. The number of rotatable bonds is 5. The third-order valence-electron chi connectivity index (χ3n) is 4.09. The second-order valence-corrected chi connectivity index (χ2v) is 6.21. The minimum atomic E-state index is 0.212. The van der Waals surface area contributed by atoms with Crippen LogP contribution in [0.5, 0.6) is 0 Å². The van der Waals surface area contributed by atoms with Crippen LogP contribution in [0.3, 0.4) is 0 Å². The van der Waals surface area contributed by atoms with Gasteiger partial charge in [-0.2, -0.15) is 0 Å². The summed E-state index contributed by atoms with van der Waals surface area (Å²) < 4.78 is 0. The van der Waals surface area contributed by atoms with E-state index in [1.807, 2.05) is 13.1 Å². The molecule has 4 heteroatoms. The van der Waals surface area contributed by atoms with E-state index in [4.69, 9.17) is 23.2 Å². The van der Waals surface area contributed by atoms with Gasteiger partial charge < -0.3 is 10.6 Å². The van der Waals surface area contributed by atoms with Gasteiger partial charge in [-0.1, -0.05) is 29.3 Å². The number of hydrogen-bond donors (Lipinski definition) is 2. The Hall–Kier alpha value is -0.280. The van der Waals surface area contributed by atoms with Crippen LogP contribution in [0.15, 0.2) is 18.2 Å². The van der Waals surface area contributed by atoms with Crippen molar-refractivity contribution in [3.63, 3.8) is 0 Å². The van der Waals surface area contributed by atoms with E-state index < -0.39 is 0 Å². The van der Waals surface area contributed by atoms with Gasteiger partial charge in [-0.25, -0.2) is 0 Å². The largest absolute Gasteiger partial charge is 0.320 e. The van der Waals surface area contributed by atoms with Gasteiger partial charge in [0.2, 0.25) is 0 Å². The standard InChI is InChI=1S/C15H22Cl2N2/c1-18-8-2-6-15(7-3-9-19-11-15)12-4-5-13(16)14(17)10-12/h4-5,10,18-19H,2-3,6-9,11H2,1H3/t15-/m0/s1. The van der Waals surface area contributed by atoms with Crippen molar-refractivity contribution in [2.24, 2.45) is 0 Å². The Morgan fingerprint density at radius 2 is 2.16 bits per heavy atom. The zero-order chi connectivity index (χ0) is 13.7. The first-order valence-electron chi connectivity index (χ1n) is 6.99. The number of hydrogen-bond acceptors (Lipinski definition) is 2. The molecule has 106 valence electrons. The second-order valence-electron chi connectivity index (χ2n) is 5.40. The van der Waals surface area contributed by atoms with E-state index in [2.05, 4.69) is 22.8 Å². The minimum Gasteiger partial charge on any atom is -0.320 e. The minimum absolute atomic E-state index is 0.212. The maximum atomic E-state index is 6.19. The molecule has 0 bridgehead atoms. The Kier molecular flexibility index (Phi) is 5.52. The summed E-state index contributed by atoms with van der Waals surface area (Å²) in [5.41, 5.74) is 1.54. The zero-order valence-electron chi connectivity index (χ0n) is 11.4. The fourth-order valence-electron chi connectivity index (χ4n) is 3.00. The molecular formula is C15H22Cl2N2. The van der Waals surface area contributed by atoms with Crippen LogP contribution < -0.4 is 10.6 Å². The van der Waals surface area contributed by atoms with Gasteiger partial charge in [-0.3, -0.25) is 0 Å². The van der Waals surface area contributed by atoms with Gasteiger partial charge in [0.05, 0.1) is 10.0 Å². The Balaban J connectivity index is 2.22. The summed E-state index contributed by atoms with van der Waals surface area (Å²) in [5.74, 6) is 0. The van der Waals surface area contributed by atoms with Gasteiger partial charge in [-0.15, -0.1) is 0 Å². The van der Waals surface area contributed by atoms with E-state index in [0.29, 0.717) is 10.0 Å². The van der Waals surface area contributed by atoms with E-state index >= 15 is 0 Å². The van der Waals surface area contributed by atoms with E-state index in [-0.39, 0.29) is 5.41 Å². The van der Waals surface area contributed by atoms with E-state index in [1.165, 1.54) is 31.2 Å². The van der Waals surface area contributed by atoms with Crippen molar-refractivity contribution < 1.29 is 0 Å². The molecule has 0 radical (unpaired) electrons. The monoisotopic (exact) mass is 300 g/mol. The summed E-state index contributed by atoms with van der Waals surface area (Å²) in [6, 6.07) is 6.12. The number of benzene rings is 1. The van der Waals surface area contributed by atoms with Crippen LogP contribution in [0, 0.1) is 0 Å². The highest BCUT2D eigenvalue weighted by molar-refractivity contribution is 6.42. The van der Waals surface area contributed by atoms with Crippen LogP contribution in [-0.2, 0) is 5.41 Å². The number of piperidine rings is 1. The summed E-state index contributed by atoms with van der Waals surface area (Å²) in [5, 5.41) is 8.07. The molecule has 19 heavy (non-hydrogen) atoms. The van der Waals surface area contributed by atoms with Crippen LogP contribution >= 0.6 is 23.2 Å². The molecule has 1 heterocycles. The van der Waals surface area contributed by atoms with Crippen molar-refractivity contribution in [1.29, 1.82) is 0 Å². The average molecular weight is 301 g/mol. The van der Waals surface area contributed by atoms with Crippen LogP contribution in [0.1, 0.15) is 31.2 Å². The number of halogens is 2. The third kappa shape index (κ3) is 3.63. The molecule has 0 aromatic heterocycles. The predicted octanol–water partition coefficient (Wildman–Crippen LogP) is 3.61. The second kappa shape index (κ2) is 6.94. The van der Waals surface area contributed by atoms with Crippen LogP contribution in [0.2, 0.25) is 10.0 Å².